The molecular weight excluding hydrogens is 182 g/mol. The lowest BCUT2D eigenvalue weighted by Gasteiger charge is -2.07. The van der Waals surface area contributed by atoms with Crippen molar-refractivity contribution in [1.82, 2.24) is 15.1 Å². The Morgan fingerprint density at radius 2 is 2.36 bits per heavy atom. The number of aromatic nitrogens is 2. The normalized spacial score (nSPS) is 10.9. The zero-order chi connectivity index (χ0) is 10.7. The summed E-state index contributed by atoms with van der Waals surface area (Å²) in [6.45, 7) is 4.39. The Balaban J connectivity index is 3.06. The molecule has 78 valence electrons. The van der Waals surface area contributed by atoms with Gasteiger partial charge in [-0.3, -0.25) is 4.68 Å². The molecule has 0 bridgehead atoms. The van der Waals surface area contributed by atoms with Crippen molar-refractivity contribution in [2.24, 2.45) is 0 Å². The third-order valence-electron chi connectivity index (χ3n) is 1.85. The van der Waals surface area contributed by atoms with Crippen LogP contribution in [0.4, 0.5) is 0 Å². The van der Waals surface area contributed by atoms with E-state index in [2.05, 4.69) is 10.4 Å². The van der Waals surface area contributed by atoms with E-state index in [0.717, 1.165) is 5.69 Å². The molecule has 1 heterocycles. The highest BCUT2D eigenvalue weighted by Gasteiger charge is 2.15. The Labute approximate surface area is 82.7 Å². The fraction of sp³-hybridized carbons (Fsp3) is 0.556. The van der Waals surface area contributed by atoms with Crippen LogP contribution < -0.4 is 5.32 Å². The molecule has 5 heteroatoms. The van der Waals surface area contributed by atoms with Crippen molar-refractivity contribution in [3.8, 4) is 0 Å². The maximum absolute atomic E-state index is 10.9. The quantitative estimate of drug-likeness (QED) is 0.752. The van der Waals surface area contributed by atoms with Gasteiger partial charge in [0.15, 0.2) is 0 Å². The molecule has 0 aliphatic heterocycles. The Kier molecular flexibility index (Phi) is 3.24. The van der Waals surface area contributed by atoms with Gasteiger partial charge in [0, 0.05) is 12.6 Å². The predicted octanol–water partition coefficient (Wildman–Crippen LogP) is 0.882. The van der Waals surface area contributed by atoms with Gasteiger partial charge in [-0.15, -0.1) is 0 Å². The lowest BCUT2D eigenvalue weighted by Crippen LogP contribution is -2.12. The Morgan fingerprint density at radius 3 is 2.71 bits per heavy atom. The molecule has 0 unspecified atom stereocenters. The van der Waals surface area contributed by atoms with Crippen LogP contribution in [0.15, 0.2) is 6.07 Å². The van der Waals surface area contributed by atoms with Gasteiger partial charge >= 0.3 is 5.97 Å². The van der Waals surface area contributed by atoms with Gasteiger partial charge in [0.05, 0.1) is 5.69 Å². The van der Waals surface area contributed by atoms with Gasteiger partial charge in [-0.25, -0.2) is 4.79 Å². The van der Waals surface area contributed by atoms with Gasteiger partial charge < -0.3 is 10.4 Å². The summed E-state index contributed by atoms with van der Waals surface area (Å²) in [6.07, 6.45) is 0. The van der Waals surface area contributed by atoms with E-state index in [9.17, 15) is 4.79 Å². The molecule has 1 rings (SSSR count). The highest BCUT2D eigenvalue weighted by Crippen LogP contribution is 2.11. The van der Waals surface area contributed by atoms with Crippen molar-refractivity contribution in [1.29, 1.82) is 0 Å². The summed E-state index contributed by atoms with van der Waals surface area (Å²) >= 11 is 0. The van der Waals surface area contributed by atoms with Crippen LogP contribution in [-0.4, -0.2) is 27.9 Å². The number of nitrogens with one attached hydrogen (secondary N) is 1. The van der Waals surface area contributed by atoms with Gasteiger partial charge in [-0.05, 0) is 27.0 Å². The summed E-state index contributed by atoms with van der Waals surface area (Å²) in [5.74, 6) is -0.937. The van der Waals surface area contributed by atoms with Crippen molar-refractivity contribution in [2.75, 3.05) is 7.05 Å². The first-order valence-electron chi connectivity index (χ1n) is 4.52. The second kappa shape index (κ2) is 4.23. The van der Waals surface area contributed by atoms with Crippen LogP contribution in [0.1, 0.15) is 36.1 Å². The van der Waals surface area contributed by atoms with Crippen LogP contribution in [0.2, 0.25) is 0 Å². The lowest BCUT2D eigenvalue weighted by molar-refractivity contribution is 0.0681. The molecule has 0 saturated carbocycles. The average molecular weight is 197 g/mol. The molecule has 0 aliphatic carbocycles. The van der Waals surface area contributed by atoms with E-state index in [-0.39, 0.29) is 11.7 Å². The number of carboxylic acids is 1. The van der Waals surface area contributed by atoms with E-state index in [1.807, 2.05) is 13.8 Å². The Hall–Kier alpha value is -1.36. The molecule has 0 spiro atoms. The molecule has 5 nitrogen and oxygen atoms in total. The molecule has 0 fully saturated rings. The van der Waals surface area contributed by atoms with Crippen LogP contribution in [0.25, 0.3) is 0 Å². The van der Waals surface area contributed by atoms with Gasteiger partial charge in [-0.2, -0.15) is 5.10 Å². The zero-order valence-corrected chi connectivity index (χ0v) is 8.61. The molecule has 0 aromatic carbocycles. The van der Waals surface area contributed by atoms with E-state index >= 15 is 0 Å². The van der Waals surface area contributed by atoms with E-state index in [0.29, 0.717) is 6.54 Å². The summed E-state index contributed by atoms with van der Waals surface area (Å²) in [6, 6.07) is 1.66. The van der Waals surface area contributed by atoms with Crippen LogP contribution in [0.3, 0.4) is 0 Å². The Bertz CT molecular complexity index is 331. The first kappa shape index (κ1) is 10.7. The largest absolute Gasteiger partial charge is 0.477 e. The molecule has 14 heavy (non-hydrogen) atoms. The molecule has 1 aromatic heterocycles. The smallest absolute Gasteiger partial charge is 0.354 e. The van der Waals surface area contributed by atoms with Crippen LogP contribution in [-0.2, 0) is 6.54 Å². The number of rotatable bonds is 4. The third kappa shape index (κ3) is 2.11. The maximum atomic E-state index is 10.9. The van der Waals surface area contributed by atoms with E-state index in [4.69, 9.17) is 5.11 Å². The zero-order valence-electron chi connectivity index (χ0n) is 8.61. The summed E-state index contributed by atoms with van der Waals surface area (Å²) in [4.78, 5) is 10.9. The minimum atomic E-state index is -0.937. The fourth-order valence-corrected chi connectivity index (χ4v) is 1.27. The topological polar surface area (TPSA) is 67.2 Å². The first-order valence-corrected chi connectivity index (χ1v) is 4.52. The number of nitrogens with zero attached hydrogens (tertiary/aromatic N) is 2. The summed E-state index contributed by atoms with van der Waals surface area (Å²) in [5.41, 5.74) is 0.990. The molecular formula is C9H15N3O2. The van der Waals surface area contributed by atoms with Crippen LogP contribution >= 0.6 is 0 Å². The number of hydrogen-bond donors (Lipinski definition) is 2. The third-order valence-corrected chi connectivity index (χ3v) is 1.85. The van der Waals surface area contributed by atoms with Gasteiger partial charge in [-0.1, -0.05) is 0 Å². The number of carbonyl (C=O) groups is 1. The number of aromatic carboxylic acids is 1. The molecule has 0 saturated heterocycles. The molecule has 0 radical (unpaired) electrons. The Morgan fingerprint density at radius 1 is 1.71 bits per heavy atom. The highest BCUT2D eigenvalue weighted by molar-refractivity contribution is 5.85. The van der Waals surface area contributed by atoms with Gasteiger partial charge in [0.25, 0.3) is 0 Å². The lowest BCUT2D eigenvalue weighted by atomic mass is 10.3. The SMILES string of the molecule is CNCc1cc(C(=O)O)n(C(C)C)n1. The summed E-state index contributed by atoms with van der Waals surface area (Å²) in [7, 11) is 1.80. The van der Waals surface area contributed by atoms with Crippen molar-refractivity contribution in [2.45, 2.75) is 26.4 Å². The van der Waals surface area contributed by atoms with Crippen molar-refractivity contribution >= 4 is 5.97 Å². The minimum absolute atomic E-state index is 0.0618. The number of hydrogen-bond acceptors (Lipinski definition) is 3. The molecule has 0 amide bonds. The highest BCUT2D eigenvalue weighted by atomic mass is 16.4. The molecule has 2 N–H and O–H groups in total. The maximum Gasteiger partial charge on any atom is 0.354 e. The standard InChI is InChI=1S/C9H15N3O2/c1-6(2)12-8(9(13)14)4-7(11-12)5-10-3/h4,6,10H,5H2,1-3H3,(H,13,14). The average Bonchev–Trinajstić information content (AvgIpc) is 2.49. The van der Waals surface area contributed by atoms with Crippen LogP contribution in [0, 0.1) is 0 Å². The monoisotopic (exact) mass is 197 g/mol. The van der Waals surface area contributed by atoms with Gasteiger partial charge in [0.2, 0.25) is 0 Å². The fourth-order valence-electron chi connectivity index (χ4n) is 1.27. The minimum Gasteiger partial charge on any atom is -0.477 e. The van der Waals surface area contributed by atoms with Crippen molar-refractivity contribution in [3.05, 3.63) is 17.5 Å². The first-order chi connectivity index (χ1) is 6.56. The summed E-state index contributed by atoms with van der Waals surface area (Å²) < 4.78 is 1.52. The molecule has 1 aromatic rings. The van der Waals surface area contributed by atoms with Gasteiger partial charge in [0.1, 0.15) is 5.69 Å². The number of carboxylic acid groups (broad SMARTS) is 1. The van der Waals surface area contributed by atoms with Crippen molar-refractivity contribution in [3.63, 3.8) is 0 Å². The van der Waals surface area contributed by atoms with Crippen molar-refractivity contribution < 1.29 is 9.90 Å². The molecule has 0 aliphatic rings. The van der Waals surface area contributed by atoms with E-state index in [1.54, 1.807) is 13.1 Å². The van der Waals surface area contributed by atoms with E-state index in [1.165, 1.54) is 4.68 Å². The summed E-state index contributed by atoms with van der Waals surface area (Å²) in [5, 5.41) is 16.0. The van der Waals surface area contributed by atoms with Crippen LogP contribution in [0.5, 0.6) is 0 Å². The second-order valence-electron chi connectivity index (χ2n) is 3.39. The second-order valence-corrected chi connectivity index (χ2v) is 3.39. The van der Waals surface area contributed by atoms with E-state index < -0.39 is 5.97 Å². The predicted molar refractivity (Wildman–Crippen MR) is 52.3 cm³/mol. The molecule has 0 atom stereocenters.